The number of hydrogen-bond donors (Lipinski definition) is 0. The molecule has 1 heteroatoms. The third kappa shape index (κ3) is 3.40. The molecule has 2 aliphatic rings. The number of rotatable bonds is 2. The standard InChI is InChI=1S/C45H33N/c1-45(2)39-26-30(28-12-4-3-5-13-28)21-23-34(39)35-25-22-31(27-40(35)45)46-41-19-11-10-18-38(41)43-42-32-15-7-6-14-29(32)20-24-36(42)33-16-8-9-17-37(33)44(43)46/h3-5,8-27H,6-7H2,1-2H3. The van der Waals surface area contributed by atoms with Gasteiger partial charge in [0.15, 0.2) is 0 Å². The van der Waals surface area contributed by atoms with Gasteiger partial charge in [0.1, 0.15) is 0 Å². The number of aromatic nitrogens is 1. The van der Waals surface area contributed by atoms with Gasteiger partial charge in [-0.15, -0.1) is 0 Å². The van der Waals surface area contributed by atoms with E-state index in [1.165, 1.54) is 92.9 Å². The minimum Gasteiger partial charge on any atom is -0.309 e. The summed E-state index contributed by atoms with van der Waals surface area (Å²) in [6, 6.07) is 47.7. The van der Waals surface area contributed by atoms with Gasteiger partial charge in [0.25, 0.3) is 0 Å². The minimum absolute atomic E-state index is 0.122. The molecule has 0 amide bonds. The molecule has 0 bridgehead atoms. The highest BCUT2D eigenvalue weighted by atomic mass is 15.0. The van der Waals surface area contributed by atoms with Gasteiger partial charge >= 0.3 is 0 Å². The van der Waals surface area contributed by atoms with Crippen molar-refractivity contribution in [3.05, 3.63) is 149 Å². The topological polar surface area (TPSA) is 4.93 Å². The van der Waals surface area contributed by atoms with Crippen LogP contribution in [0.2, 0.25) is 0 Å². The fraction of sp³-hybridized carbons (Fsp3) is 0.111. The van der Waals surface area contributed by atoms with Gasteiger partial charge in [-0.1, -0.05) is 129 Å². The van der Waals surface area contributed by atoms with Crippen molar-refractivity contribution in [2.75, 3.05) is 0 Å². The second-order valence-electron chi connectivity index (χ2n) is 13.6. The molecule has 8 aromatic rings. The summed E-state index contributed by atoms with van der Waals surface area (Å²) >= 11 is 0. The lowest BCUT2D eigenvalue weighted by atomic mass is 9.81. The van der Waals surface area contributed by atoms with Crippen molar-refractivity contribution in [1.29, 1.82) is 0 Å². The average molecular weight is 588 g/mol. The molecule has 0 N–H and O–H groups in total. The molecule has 1 heterocycles. The molecule has 2 aliphatic carbocycles. The highest BCUT2D eigenvalue weighted by molar-refractivity contribution is 6.32. The molecular formula is C45H33N. The molecule has 0 aliphatic heterocycles. The van der Waals surface area contributed by atoms with E-state index in [4.69, 9.17) is 0 Å². The van der Waals surface area contributed by atoms with Crippen LogP contribution in [0, 0.1) is 0 Å². The SMILES string of the molecule is CC1(C)c2cc(-c3ccccc3)ccc2-c2ccc(-n3c4ccccc4c4c5c6c(ccc5c5ccccc5c43)=CCCC=6)cc21. The normalized spacial score (nSPS) is 14.7. The Balaban J connectivity index is 1.29. The lowest BCUT2D eigenvalue weighted by Crippen LogP contribution is -2.27. The summed E-state index contributed by atoms with van der Waals surface area (Å²) in [5.41, 5.74) is 11.7. The van der Waals surface area contributed by atoms with Crippen molar-refractivity contribution in [1.82, 2.24) is 4.57 Å². The molecule has 7 aromatic carbocycles. The summed E-state index contributed by atoms with van der Waals surface area (Å²) in [5.74, 6) is 0. The Morgan fingerprint density at radius 2 is 1.22 bits per heavy atom. The first-order valence-corrected chi connectivity index (χ1v) is 16.5. The Kier molecular flexibility index (Phi) is 5.24. The Bertz CT molecular complexity index is 2700. The van der Waals surface area contributed by atoms with E-state index in [1.807, 2.05) is 0 Å². The van der Waals surface area contributed by atoms with Crippen molar-refractivity contribution in [3.63, 3.8) is 0 Å². The predicted octanol–water partition coefficient (Wildman–Crippen LogP) is 10.4. The summed E-state index contributed by atoms with van der Waals surface area (Å²) in [6.45, 7) is 4.78. The monoisotopic (exact) mass is 587 g/mol. The number of nitrogens with zero attached hydrogens (tertiary/aromatic N) is 1. The minimum atomic E-state index is -0.122. The van der Waals surface area contributed by atoms with E-state index in [1.54, 1.807) is 0 Å². The number of hydrogen-bond acceptors (Lipinski definition) is 0. The molecular weight excluding hydrogens is 555 g/mol. The van der Waals surface area contributed by atoms with Gasteiger partial charge in [0.05, 0.1) is 11.0 Å². The van der Waals surface area contributed by atoms with Gasteiger partial charge in [-0.05, 0) is 97.1 Å². The second kappa shape index (κ2) is 9.31. The van der Waals surface area contributed by atoms with Crippen LogP contribution in [-0.2, 0) is 5.41 Å². The Morgan fingerprint density at radius 1 is 0.522 bits per heavy atom. The zero-order valence-corrected chi connectivity index (χ0v) is 26.1. The van der Waals surface area contributed by atoms with E-state index in [2.05, 4.69) is 158 Å². The van der Waals surface area contributed by atoms with Gasteiger partial charge in [-0.25, -0.2) is 0 Å². The Labute approximate surface area is 268 Å². The van der Waals surface area contributed by atoms with Crippen LogP contribution in [0.4, 0.5) is 0 Å². The molecule has 0 spiro atoms. The summed E-state index contributed by atoms with van der Waals surface area (Å²) in [6.07, 6.45) is 7.08. The maximum absolute atomic E-state index is 2.55. The summed E-state index contributed by atoms with van der Waals surface area (Å²) in [4.78, 5) is 0. The fourth-order valence-corrected chi connectivity index (χ4v) is 8.61. The summed E-state index contributed by atoms with van der Waals surface area (Å²) in [7, 11) is 0. The number of para-hydroxylation sites is 1. The molecule has 0 unspecified atom stereocenters. The van der Waals surface area contributed by atoms with Crippen LogP contribution in [-0.4, -0.2) is 4.57 Å². The molecule has 0 saturated heterocycles. The van der Waals surface area contributed by atoms with Gasteiger partial charge in [-0.3, -0.25) is 0 Å². The largest absolute Gasteiger partial charge is 0.309 e. The van der Waals surface area contributed by atoms with Crippen molar-refractivity contribution >= 4 is 55.5 Å². The third-order valence-corrected chi connectivity index (χ3v) is 10.8. The molecule has 10 rings (SSSR count). The number of fused-ring (bicyclic) bond motifs is 13. The molecule has 1 aromatic heterocycles. The van der Waals surface area contributed by atoms with Crippen molar-refractivity contribution in [2.45, 2.75) is 32.1 Å². The smallest absolute Gasteiger partial charge is 0.0626 e. The average Bonchev–Trinajstić information content (AvgIpc) is 3.57. The number of benzene rings is 7. The quantitative estimate of drug-likeness (QED) is 0.177. The van der Waals surface area contributed by atoms with Crippen LogP contribution >= 0.6 is 0 Å². The van der Waals surface area contributed by atoms with Crippen LogP contribution in [0.1, 0.15) is 37.8 Å². The third-order valence-electron chi connectivity index (χ3n) is 10.8. The van der Waals surface area contributed by atoms with E-state index in [9.17, 15) is 0 Å². The lowest BCUT2D eigenvalue weighted by Gasteiger charge is -2.23. The van der Waals surface area contributed by atoms with Crippen LogP contribution < -0.4 is 10.4 Å². The van der Waals surface area contributed by atoms with E-state index < -0.39 is 0 Å². The highest BCUT2D eigenvalue weighted by Gasteiger charge is 2.36. The maximum atomic E-state index is 2.55. The fourth-order valence-electron chi connectivity index (χ4n) is 8.61. The van der Waals surface area contributed by atoms with Crippen molar-refractivity contribution in [3.8, 4) is 27.9 Å². The zero-order chi connectivity index (χ0) is 30.6. The van der Waals surface area contributed by atoms with Crippen molar-refractivity contribution < 1.29 is 0 Å². The van der Waals surface area contributed by atoms with E-state index in [0.717, 1.165) is 12.8 Å². The Hall–Kier alpha value is -5.40. The lowest BCUT2D eigenvalue weighted by molar-refractivity contribution is 0.660. The molecule has 46 heavy (non-hydrogen) atoms. The van der Waals surface area contributed by atoms with Crippen LogP contribution in [0.3, 0.4) is 0 Å². The van der Waals surface area contributed by atoms with Gasteiger partial charge in [-0.2, -0.15) is 0 Å². The second-order valence-corrected chi connectivity index (χ2v) is 13.6. The molecule has 0 atom stereocenters. The highest BCUT2D eigenvalue weighted by Crippen LogP contribution is 2.51. The first kappa shape index (κ1) is 25.9. The summed E-state index contributed by atoms with van der Waals surface area (Å²) in [5, 5.41) is 10.8. The van der Waals surface area contributed by atoms with Crippen LogP contribution in [0.5, 0.6) is 0 Å². The predicted molar refractivity (Wildman–Crippen MR) is 196 cm³/mol. The molecule has 0 saturated carbocycles. The molecule has 218 valence electrons. The van der Waals surface area contributed by atoms with E-state index in [-0.39, 0.29) is 5.41 Å². The van der Waals surface area contributed by atoms with Gasteiger partial charge in [0.2, 0.25) is 0 Å². The maximum Gasteiger partial charge on any atom is 0.0626 e. The molecule has 1 nitrogen and oxygen atoms in total. The van der Waals surface area contributed by atoms with Gasteiger partial charge in [0, 0.05) is 27.3 Å². The first-order valence-electron chi connectivity index (χ1n) is 16.5. The van der Waals surface area contributed by atoms with Gasteiger partial charge < -0.3 is 4.57 Å². The zero-order valence-electron chi connectivity index (χ0n) is 26.1. The van der Waals surface area contributed by atoms with Crippen LogP contribution in [0.25, 0.3) is 83.4 Å². The first-order chi connectivity index (χ1) is 22.6. The summed E-state index contributed by atoms with van der Waals surface area (Å²) < 4.78 is 2.55. The van der Waals surface area contributed by atoms with Crippen molar-refractivity contribution in [2.24, 2.45) is 0 Å². The molecule has 0 radical (unpaired) electrons. The Morgan fingerprint density at radius 3 is 2.07 bits per heavy atom. The van der Waals surface area contributed by atoms with E-state index >= 15 is 0 Å². The van der Waals surface area contributed by atoms with Crippen LogP contribution in [0.15, 0.2) is 127 Å². The van der Waals surface area contributed by atoms with E-state index in [0.29, 0.717) is 0 Å². The molecule has 0 fully saturated rings.